The van der Waals surface area contributed by atoms with Gasteiger partial charge < -0.3 is 10.1 Å². The summed E-state index contributed by atoms with van der Waals surface area (Å²) in [5.74, 6) is -0.791. The molecule has 2 unspecified atom stereocenters. The topological polar surface area (TPSA) is 55.4 Å². The van der Waals surface area contributed by atoms with Crippen molar-refractivity contribution in [2.45, 2.75) is 38.0 Å². The van der Waals surface area contributed by atoms with E-state index in [9.17, 15) is 9.59 Å². The van der Waals surface area contributed by atoms with Crippen LogP contribution in [0.3, 0.4) is 0 Å². The van der Waals surface area contributed by atoms with Gasteiger partial charge in [-0.2, -0.15) is 0 Å². The summed E-state index contributed by atoms with van der Waals surface area (Å²) in [4.78, 5) is 27.1. The van der Waals surface area contributed by atoms with E-state index in [-0.39, 0.29) is 18.3 Å². The van der Waals surface area contributed by atoms with Crippen LogP contribution in [0.2, 0.25) is 5.02 Å². The molecule has 2 atom stereocenters. The number of Topliss-reactive ketones (excluding diaryl/α,β-unsaturated/α-hetero) is 1. The van der Waals surface area contributed by atoms with Gasteiger partial charge in [0, 0.05) is 40.7 Å². The van der Waals surface area contributed by atoms with Gasteiger partial charge in [0.05, 0.1) is 12.2 Å². The van der Waals surface area contributed by atoms with Crippen LogP contribution in [0.4, 0.5) is 0 Å². The Balaban J connectivity index is 1.47. The van der Waals surface area contributed by atoms with Crippen LogP contribution >= 0.6 is 11.6 Å². The monoisotopic (exact) mass is 497 g/mol. The van der Waals surface area contributed by atoms with E-state index in [0.29, 0.717) is 41.1 Å². The number of carbonyl (C=O) groups is 2. The van der Waals surface area contributed by atoms with Gasteiger partial charge in [-0.1, -0.05) is 84.4 Å². The zero-order valence-corrected chi connectivity index (χ0v) is 20.9. The predicted molar refractivity (Wildman–Crippen MR) is 142 cm³/mol. The minimum Gasteiger partial charge on any atom is -0.462 e. The van der Waals surface area contributed by atoms with Crippen molar-refractivity contribution in [2.75, 3.05) is 6.61 Å². The first kappa shape index (κ1) is 24.1. The first-order valence-electron chi connectivity index (χ1n) is 12.3. The molecular formula is C31H28ClNO3. The van der Waals surface area contributed by atoms with E-state index in [4.69, 9.17) is 16.3 Å². The largest absolute Gasteiger partial charge is 0.462 e. The lowest BCUT2D eigenvalue weighted by Gasteiger charge is -2.36. The van der Waals surface area contributed by atoms with Gasteiger partial charge in [0.25, 0.3) is 0 Å². The van der Waals surface area contributed by atoms with Crippen molar-refractivity contribution in [1.29, 1.82) is 0 Å². The van der Waals surface area contributed by atoms with Gasteiger partial charge in [-0.15, -0.1) is 0 Å². The van der Waals surface area contributed by atoms with E-state index in [2.05, 4.69) is 17.4 Å². The van der Waals surface area contributed by atoms with Crippen LogP contribution in [0.1, 0.15) is 48.3 Å². The normalized spacial score (nSPS) is 19.6. The van der Waals surface area contributed by atoms with Crippen molar-refractivity contribution in [3.8, 4) is 0 Å². The van der Waals surface area contributed by atoms with E-state index < -0.39 is 11.9 Å². The zero-order chi connectivity index (χ0) is 25.1. The molecule has 4 nitrogen and oxygen atoms in total. The number of dihydropyridines is 1. The minimum atomic E-state index is -0.520. The van der Waals surface area contributed by atoms with Crippen LogP contribution in [-0.2, 0) is 20.7 Å². The third kappa shape index (κ3) is 5.00. The molecule has 1 aliphatic carbocycles. The second kappa shape index (κ2) is 10.5. The first-order valence-corrected chi connectivity index (χ1v) is 12.6. The van der Waals surface area contributed by atoms with Crippen molar-refractivity contribution in [2.24, 2.45) is 0 Å². The van der Waals surface area contributed by atoms with E-state index >= 15 is 0 Å². The number of nitrogens with one attached hydrogen (secondary N) is 1. The van der Waals surface area contributed by atoms with Crippen LogP contribution in [0, 0.1) is 0 Å². The second-order valence-corrected chi connectivity index (χ2v) is 9.79. The molecule has 182 valence electrons. The summed E-state index contributed by atoms with van der Waals surface area (Å²) < 4.78 is 5.74. The Labute approximate surface area is 216 Å². The molecule has 0 radical (unpaired) electrons. The van der Waals surface area contributed by atoms with Gasteiger partial charge in [-0.3, -0.25) is 4.79 Å². The summed E-state index contributed by atoms with van der Waals surface area (Å²) >= 11 is 6.35. The molecule has 3 aromatic carbocycles. The Morgan fingerprint density at radius 1 is 0.944 bits per heavy atom. The molecule has 3 aromatic rings. The molecule has 0 aromatic heterocycles. The number of benzene rings is 3. The molecule has 0 amide bonds. The molecule has 0 bridgehead atoms. The molecule has 1 N–H and O–H groups in total. The molecule has 0 fully saturated rings. The molecule has 1 heterocycles. The average molecular weight is 498 g/mol. The number of carbonyl (C=O) groups excluding carboxylic acids is 2. The maximum Gasteiger partial charge on any atom is 0.336 e. The highest BCUT2D eigenvalue weighted by atomic mass is 35.5. The summed E-state index contributed by atoms with van der Waals surface area (Å²) in [5.41, 5.74) is 5.77. The van der Waals surface area contributed by atoms with E-state index in [1.165, 1.54) is 0 Å². The molecule has 5 heteroatoms. The van der Waals surface area contributed by atoms with Crippen molar-refractivity contribution in [1.82, 2.24) is 5.32 Å². The summed E-state index contributed by atoms with van der Waals surface area (Å²) in [6, 6.07) is 27.4. The number of ether oxygens (including phenoxy) is 1. The SMILES string of the molecule is CC1=C(C(=O)OCCc2ccccc2)C(c2cccc(Cl)c2)C2=C(CC(c3ccccc3)CC2=O)N1. The van der Waals surface area contributed by atoms with E-state index in [0.717, 1.165) is 22.4 Å². The van der Waals surface area contributed by atoms with Crippen LogP contribution < -0.4 is 5.32 Å². The van der Waals surface area contributed by atoms with Crippen molar-refractivity contribution in [3.63, 3.8) is 0 Å². The van der Waals surface area contributed by atoms with Crippen LogP contribution in [0.5, 0.6) is 0 Å². The Hall–Kier alpha value is -3.63. The lowest BCUT2D eigenvalue weighted by Crippen LogP contribution is -2.36. The van der Waals surface area contributed by atoms with Crippen molar-refractivity contribution >= 4 is 23.4 Å². The maximum atomic E-state index is 13.6. The van der Waals surface area contributed by atoms with Crippen LogP contribution in [0.15, 0.2) is 107 Å². The number of halogens is 1. The zero-order valence-electron chi connectivity index (χ0n) is 20.2. The molecule has 0 saturated heterocycles. The fraction of sp³-hybridized carbons (Fsp3) is 0.226. The Kier molecular flexibility index (Phi) is 7.06. The molecular weight excluding hydrogens is 470 g/mol. The Morgan fingerprint density at radius 3 is 2.36 bits per heavy atom. The van der Waals surface area contributed by atoms with Gasteiger partial charge in [-0.25, -0.2) is 4.79 Å². The van der Waals surface area contributed by atoms with Gasteiger partial charge in [-0.05, 0) is 48.1 Å². The highest BCUT2D eigenvalue weighted by Gasteiger charge is 2.41. The lowest BCUT2D eigenvalue weighted by molar-refractivity contribution is -0.139. The minimum absolute atomic E-state index is 0.0460. The number of ketones is 1. The van der Waals surface area contributed by atoms with E-state index in [1.807, 2.05) is 73.7 Å². The van der Waals surface area contributed by atoms with E-state index in [1.54, 1.807) is 6.07 Å². The lowest BCUT2D eigenvalue weighted by atomic mass is 9.72. The number of hydrogen-bond acceptors (Lipinski definition) is 4. The summed E-state index contributed by atoms with van der Waals surface area (Å²) in [7, 11) is 0. The Morgan fingerprint density at radius 2 is 1.64 bits per heavy atom. The molecule has 0 saturated carbocycles. The Bertz CT molecular complexity index is 1340. The van der Waals surface area contributed by atoms with Crippen molar-refractivity contribution in [3.05, 3.63) is 129 Å². The number of allylic oxidation sites excluding steroid dienone is 3. The molecule has 5 rings (SSSR count). The average Bonchev–Trinajstić information content (AvgIpc) is 2.89. The van der Waals surface area contributed by atoms with Crippen LogP contribution in [0.25, 0.3) is 0 Å². The number of esters is 1. The summed E-state index contributed by atoms with van der Waals surface area (Å²) in [6.45, 7) is 2.14. The standard InChI is InChI=1S/C31H28ClNO3/c1-20-28(31(35)36-16-15-21-9-4-2-5-10-21)29(23-13-8-14-25(32)17-23)30-26(33-20)18-24(19-27(30)34)22-11-6-3-7-12-22/h2-14,17,24,29,33H,15-16,18-19H2,1H3. The third-order valence-corrected chi connectivity index (χ3v) is 7.20. The highest BCUT2D eigenvalue weighted by Crippen LogP contribution is 2.46. The van der Waals surface area contributed by atoms with Crippen molar-refractivity contribution < 1.29 is 14.3 Å². The van der Waals surface area contributed by atoms with Gasteiger partial charge in [0.2, 0.25) is 0 Å². The number of hydrogen-bond donors (Lipinski definition) is 1. The van der Waals surface area contributed by atoms with Gasteiger partial charge in [0.15, 0.2) is 5.78 Å². The smallest absolute Gasteiger partial charge is 0.336 e. The van der Waals surface area contributed by atoms with Gasteiger partial charge >= 0.3 is 5.97 Å². The second-order valence-electron chi connectivity index (χ2n) is 9.35. The fourth-order valence-corrected chi connectivity index (χ4v) is 5.47. The molecule has 36 heavy (non-hydrogen) atoms. The number of rotatable bonds is 6. The summed E-state index contributed by atoms with van der Waals surface area (Å²) in [5, 5.41) is 3.97. The maximum absolute atomic E-state index is 13.6. The third-order valence-electron chi connectivity index (χ3n) is 6.97. The predicted octanol–water partition coefficient (Wildman–Crippen LogP) is 6.49. The molecule has 1 aliphatic heterocycles. The summed E-state index contributed by atoms with van der Waals surface area (Å²) in [6.07, 6.45) is 1.73. The highest BCUT2D eigenvalue weighted by molar-refractivity contribution is 6.30. The molecule has 0 spiro atoms. The fourth-order valence-electron chi connectivity index (χ4n) is 5.27. The van der Waals surface area contributed by atoms with Gasteiger partial charge in [0.1, 0.15) is 0 Å². The molecule has 2 aliphatic rings. The van der Waals surface area contributed by atoms with Crippen LogP contribution in [-0.4, -0.2) is 18.4 Å². The first-order chi connectivity index (χ1) is 17.5. The quantitative estimate of drug-likeness (QED) is 0.395.